The van der Waals surface area contributed by atoms with E-state index in [0.717, 1.165) is 21.9 Å². The second kappa shape index (κ2) is 4.78. The maximum Gasteiger partial charge on any atom is 0.131 e. The van der Waals surface area contributed by atoms with Crippen LogP contribution < -0.4 is 5.73 Å². The number of hydrogen-bond donors (Lipinski definition) is 1. The van der Waals surface area contributed by atoms with Crippen molar-refractivity contribution >= 4 is 10.8 Å². The minimum absolute atomic E-state index is 0.229. The zero-order valence-electron chi connectivity index (χ0n) is 10.3. The van der Waals surface area contributed by atoms with Crippen molar-refractivity contribution in [3.8, 4) is 11.1 Å². The lowest BCUT2D eigenvalue weighted by Gasteiger charge is -2.09. The normalized spacial score (nSPS) is 10.8. The van der Waals surface area contributed by atoms with E-state index in [0.29, 0.717) is 12.1 Å². The number of halogens is 1. The number of fused-ring (bicyclic) bond motifs is 1. The monoisotopic (exact) mass is 252 g/mol. The average Bonchev–Trinajstić information content (AvgIpc) is 2.47. The van der Waals surface area contributed by atoms with Gasteiger partial charge >= 0.3 is 0 Å². The molecule has 1 heterocycles. The summed E-state index contributed by atoms with van der Waals surface area (Å²) in [7, 11) is 0. The molecule has 0 atom stereocenters. The first kappa shape index (κ1) is 11.8. The molecule has 94 valence electrons. The van der Waals surface area contributed by atoms with Gasteiger partial charge in [0.1, 0.15) is 5.82 Å². The Morgan fingerprint density at radius 1 is 1.11 bits per heavy atom. The molecule has 1 aromatic heterocycles. The van der Waals surface area contributed by atoms with E-state index in [4.69, 9.17) is 5.73 Å². The largest absolute Gasteiger partial charge is 0.326 e. The second-order valence-electron chi connectivity index (χ2n) is 4.42. The van der Waals surface area contributed by atoms with Crippen molar-refractivity contribution in [2.75, 3.05) is 0 Å². The highest BCUT2D eigenvalue weighted by atomic mass is 19.1. The fourth-order valence-electron chi connectivity index (χ4n) is 2.29. The Balaban J connectivity index is 2.31. The first-order chi connectivity index (χ1) is 9.29. The number of nitrogens with zero attached hydrogens (tertiary/aromatic N) is 1. The second-order valence-corrected chi connectivity index (χ2v) is 4.42. The molecular formula is C16H13FN2. The minimum Gasteiger partial charge on any atom is -0.326 e. The summed E-state index contributed by atoms with van der Waals surface area (Å²) in [6.07, 6.45) is 3.42. The SMILES string of the molecule is NCc1cccc(-c2c(F)ccc3cnccc23)c1. The Labute approximate surface area is 110 Å². The van der Waals surface area contributed by atoms with Crippen LogP contribution in [0.1, 0.15) is 5.56 Å². The molecule has 3 heteroatoms. The van der Waals surface area contributed by atoms with Crippen molar-refractivity contribution in [3.63, 3.8) is 0 Å². The Morgan fingerprint density at radius 3 is 2.84 bits per heavy atom. The van der Waals surface area contributed by atoms with Gasteiger partial charge in [0.05, 0.1) is 0 Å². The molecule has 0 fully saturated rings. The van der Waals surface area contributed by atoms with Crippen molar-refractivity contribution in [2.24, 2.45) is 5.73 Å². The summed E-state index contributed by atoms with van der Waals surface area (Å²) in [5.74, 6) is -0.229. The van der Waals surface area contributed by atoms with Gasteiger partial charge in [-0.05, 0) is 40.8 Å². The van der Waals surface area contributed by atoms with Crippen LogP contribution in [0.3, 0.4) is 0 Å². The fourth-order valence-corrected chi connectivity index (χ4v) is 2.29. The van der Waals surface area contributed by atoms with E-state index in [-0.39, 0.29) is 5.82 Å². The van der Waals surface area contributed by atoms with E-state index in [1.807, 2.05) is 30.3 Å². The molecule has 0 saturated heterocycles. The standard InChI is InChI=1S/C16H13FN2/c17-15-5-4-13-10-19-7-6-14(13)16(15)12-3-1-2-11(8-12)9-18/h1-8,10H,9,18H2. The fraction of sp³-hybridized carbons (Fsp3) is 0.0625. The molecule has 0 spiro atoms. The summed E-state index contributed by atoms with van der Waals surface area (Å²) in [4.78, 5) is 4.07. The zero-order valence-corrected chi connectivity index (χ0v) is 10.3. The van der Waals surface area contributed by atoms with Gasteiger partial charge in [-0.25, -0.2) is 4.39 Å². The lowest BCUT2D eigenvalue weighted by molar-refractivity contribution is 0.633. The average molecular weight is 252 g/mol. The van der Waals surface area contributed by atoms with Crippen LogP contribution in [-0.4, -0.2) is 4.98 Å². The number of pyridine rings is 1. The van der Waals surface area contributed by atoms with Gasteiger partial charge in [0, 0.05) is 29.9 Å². The Bertz CT molecular complexity index is 738. The highest BCUT2D eigenvalue weighted by Gasteiger charge is 2.10. The van der Waals surface area contributed by atoms with Crippen LogP contribution in [0.2, 0.25) is 0 Å². The van der Waals surface area contributed by atoms with Crippen LogP contribution >= 0.6 is 0 Å². The molecule has 0 unspecified atom stereocenters. The first-order valence-electron chi connectivity index (χ1n) is 6.11. The molecule has 0 radical (unpaired) electrons. The van der Waals surface area contributed by atoms with Gasteiger partial charge in [0.2, 0.25) is 0 Å². The highest BCUT2D eigenvalue weighted by molar-refractivity contribution is 5.96. The quantitative estimate of drug-likeness (QED) is 0.758. The van der Waals surface area contributed by atoms with Gasteiger partial charge in [-0.1, -0.05) is 18.2 Å². The zero-order chi connectivity index (χ0) is 13.2. The van der Waals surface area contributed by atoms with Crippen LogP contribution in [0.15, 0.2) is 54.9 Å². The molecule has 0 aliphatic carbocycles. The van der Waals surface area contributed by atoms with Crippen LogP contribution in [-0.2, 0) is 6.54 Å². The van der Waals surface area contributed by atoms with Gasteiger partial charge in [0.15, 0.2) is 0 Å². The summed E-state index contributed by atoms with van der Waals surface area (Å²) in [6, 6.07) is 12.7. The molecule has 3 rings (SSSR count). The van der Waals surface area contributed by atoms with Gasteiger partial charge in [-0.3, -0.25) is 4.98 Å². The number of hydrogen-bond acceptors (Lipinski definition) is 2. The predicted octanol–water partition coefficient (Wildman–Crippen LogP) is 3.50. The number of aromatic nitrogens is 1. The topological polar surface area (TPSA) is 38.9 Å². The molecule has 0 aliphatic heterocycles. The van der Waals surface area contributed by atoms with Crippen LogP contribution in [0.5, 0.6) is 0 Å². The smallest absolute Gasteiger partial charge is 0.131 e. The molecule has 0 bridgehead atoms. The third-order valence-electron chi connectivity index (χ3n) is 3.22. The molecular weight excluding hydrogens is 239 g/mol. The summed E-state index contributed by atoms with van der Waals surface area (Å²) in [5.41, 5.74) is 8.08. The molecule has 0 aliphatic rings. The lowest BCUT2D eigenvalue weighted by Crippen LogP contribution is -1.96. The lowest BCUT2D eigenvalue weighted by atomic mass is 9.97. The van der Waals surface area contributed by atoms with E-state index >= 15 is 0 Å². The number of rotatable bonds is 2. The van der Waals surface area contributed by atoms with E-state index in [1.165, 1.54) is 6.07 Å². The first-order valence-corrected chi connectivity index (χ1v) is 6.11. The molecule has 0 saturated carbocycles. The Hall–Kier alpha value is -2.26. The summed E-state index contributed by atoms with van der Waals surface area (Å²) < 4.78 is 14.2. The molecule has 2 N–H and O–H groups in total. The predicted molar refractivity (Wildman–Crippen MR) is 75.0 cm³/mol. The van der Waals surface area contributed by atoms with Gasteiger partial charge in [-0.2, -0.15) is 0 Å². The van der Waals surface area contributed by atoms with Crippen molar-refractivity contribution < 1.29 is 4.39 Å². The third-order valence-corrected chi connectivity index (χ3v) is 3.22. The molecule has 3 aromatic rings. The third kappa shape index (κ3) is 2.09. The van der Waals surface area contributed by atoms with E-state index in [9.17, 15) is 4.39 Å². The Morgan fingerprint density at radius 2 is 2.00 bits per heavy atom. The van der Waals surface area contributed by atoms with E-state index < -0.39 is 0 Å². The number of nitrogens with two attached hydrogens (primary N) is 1. The van der Waals surface area contributed by atoms with Crippen LogP contribution in [0.4, 0.5) is 4.39 Å². The summed E-state index contributed by atoms with van der Waals surface area (Å²) in [5, 5.41) is 1.79. The van der Waals surface area contributed by atoms with Gasteiger partial charge < -0.3 is 5.73 Å². The molecule has 2 aromatic carbocycles. The number of benzene rings is 2. The van der Waals surface area contributed by atoms with E-state index in [2.05, 4.69) is 4.98 Å². The summed E-state index contributed by atoms with van der Waals surface area (Å²) >= 11 is 0. The van der Waals surface area contributed by atoms with Crippen molar-refractivity contribution in [2.45, 2.75) is 6.54 Å². The van der Waals surface area contributed by atoms with E-state index in [1.54, 1.807) is 18.5 Å². The molecule has 0 amide bonds. The van der Waals surface area contributed by atoms with Crippen molar-refractivity contribution in [3.05, 3.63) is 66.2 Å². The van der Waals surface area contributed by atoms with Gasteiger partial charge in [0.25, 0.3) is 0 Å². The molecule has 2 nitrogen and oxygen atoms in total. The maximum atomic E-state index is 14.2. The van der Waals surface area contributed by atoms with Crippen LogP contribution in [0, 0.1) is 5.82 Å². The van der Waals surface area contributed by atoms with Crippen molar-refractivity contribution in [1.82, 2.24) is 4.98 Å². The minimum atomic E-state index is -0.229. The van der Waals surface area contributed by atoms with Gasteiger partial charge in [-0.15, -0.1) is 0 Å². The Kier molecular flexibility index (Phi) is 2.97. The molecule has 19 heavy (non-hydrogen) atoms. The van der Waals surface area contributed by atoms with Crippen LogP contribution in [0.25, 0.3) is 21.9 Å². The maximum absolute atomic E-state index is 14.2. The summed E-state index contributed by atoms with van der Waals surface area (Å²) in [6.45, 7) is 0.446. The van der Waals surface area contributed by atoms with Crippen molar-refractivity contribution in [1.29, 1.82) is 0 Å². The highest BCUT2D eigenvalue weighted by Crippen LogP contribution is 2.31.